The lowest BCUT2D eigenvalue weighted by Crippen LogP contribution is -2.16. The summed E-state index contributed by atoms with van der Waals surface area (Å²) in [5, 5.41) is 0. The van der Waals surface area contributed by atoms with Crippen LogP contribution >= 0.6 is 0 Å². The van der Waals surface area contributed by atoms with Crippen molar-refractivity contribution in [3.63, 3.8) is 0 Å². The first kappa shape index (κ1) is 17.0. The number of carbonyl (C=O) groups is 1. The summed E-state index contributed by atoms with van der Waals surface area (Å²) in [5.41, 5.74) is 2.18. The highest BCUT2D eigenvalue weighted by atomic mass is 16.5. The molecule has 0 amide bonds. The molecule has 0 bridgehead atoms. The highest BCUT2D eigenvalue weighted by molar-refractivity contribution is 5.72. The molecular weight excluding hydrogens is 260 g/mol. The van der Waals surface area contributed by atoms with Crippen molar-refractivity contribution in [3.05, 3.63) is 71.8 Å². The molecule has 112 valence electrons. The molecule has 0 fully saturated rings. The van der Waals surface area contributed by atoms with E-state index in [2.05, 4.69) is 0 Å². The number of hydrogen-bond acceptors (Lipinski definition) is 2. The van der Waals surface area contributed by atoms with Crippen molar-refractivity contribution in [3.8, 4) is 0 Å². The molecule has 0 N–H and O–H groups in total. The summed E-state index contributed by atoms with van der Waals surface area (Å²) in [5.74, 6) is -0.265. The van der Waals surface area contributed by atoms with E-state index in [4.69, 9.17) is 4.74 Å². The highest BCUT2D eigenvalue weighted by Crippen LogP contribution is 2.11. The molecule has 0 radical (unpaired) electrons. The summed E-state index contributed by atoms with van der Waals surface area (Å²) < 4.78 is 5.32. The third kappa shape index (κ3) is 6.26. The van der Waals surface area contributed by atoms with Crippen LogP contribution in [0.1, 0.15) is 31.9 Å². The maximum atomic E-state index is 11.9. The fraction of sp³-hybridized carbons (Fsp3) is 0.316. The highest BCUT2D eigenvalue weighted by Gasteiger charge is 2.14. The number of benzene rings is 2. The molecule has 2 heteroatoms. The van der Waals surface area contributed by atoms with Gasteiger partial charge < -0.3 is 4.74 Å². The van der Waals surface area contributed by atoms with Crippen molar-refractivity contribution >= 4 is 5.97 Å². The van der Waals surface area contributed by atoms with Crippen LogP contribution in [-0.2, 0) is 22.6 Å². The molecule has 2 nitrogen and oxygen atoms in total. The van der Waals surface area contributed by atoms with Crippen molar-refractivity contribution in [2.45, 2.75) is 33.8 Å². The van der Waals surface area contributed by atoms with E-state index in [1.807, 2.05) is 81.4 Å². The Morgan fingerprint density at radius 3 is 1.90 bits per heavy atom. The second-order valence-corrected chi connectivity index (χ2v) is 4.68. The van der Waals surface area contributed by atoms with Gasteiger partial charge in [0.25, 0.3) is 0 Å². The van der Waals surface area contributed by atoms with Crippen molar-refractivity contribution in [2.75, 3.05) is 0 Å². The topological polar surface area (TPSA) is 26.3 Å². The molecule has 2 aromatic carbocycles. The summed E-state index contributed by atoms with van der Waals surface area (Å²) >= 11 is 0. The molecule has 0 unspecified atom stereocenters. The van der Waals surface area contributed by atoms with Gasteiger partial charge in [0.05, 0.1) is 5.92 Å². The largest absolute Gasteiger partial charge is 0.461 e. The molecule has 0 aromatic heterocycles. The molecule has 2 aromatic rings. The van der Waals surface area contributed by atoms with E-state index in [1.165, 1.54) is 0 Å². The molecule has 0 aliphatic rings. The molecule has 0 aliphatic heterocycles. The van der Waals surface area contributed by atoms with E-state index in [-0.39, 0.29) is 11.9 Å². The number of hydrogen-bond donors (Lipinski definition) is 0. The number of esters is 1. The second kappa shape index (κ2) is 9.76. The monoisotopic (exact) mass is 284 g/mol. The lowest BCUT2D eigenvalue weighted by atomic mass is 10.0. The Kier molecular flexibility index (Phi) is 7.88. The fourth-order valence-electron chi connectivity index (χ4n) is 1.92. The molecule has 0 spiro atoms. The van der Waals surface area contributed by atoms with Gasteiger partial charge in [-0.3, -0.25) is 4.79 Å². The Labute approximate surface area is 127 Å². The van der Waals surface area contributed by atoms with Crippen LogP contribution in [0.5, 0.6) is 0 Å². The fourth-order valence-corrected chi connectivity index (χ4v) is 1.92. The van der Waals surface area contributed by atoms with Gasteiger partial charge >= 0.3 is 5.97 Å². The van der Waals surface area contributed by atoms with E-state index in [9.17, 15) is 4.79 Å². The smallest absolute Gasteiger partial charge is 0.309 e. The van der Waals surface area contributed by atoms with Crippen LogP contribution in [-0.4, -0.2) is 5.97 Å². The molecule has 2 rings (SSSR count). The summed E-state index contributed by atoms with van der Waals surface area (Å²) in [6, 6.07) is 19.7. The summed E-state index contributed by atoms with van der Waals surface area (Å²) in [6.45, 7) is 6.25. The SMILES string of the molecule is CC.C[C@@H](Cc1ccccc1)C(=O)OCc1ccccc1. The van der Waals surface area contributed by atoms with Gasteiger partial charge in [-0.05, 0) is 17.5 Å². The van der Waals surface area contributed by atoms with E-state index in [1.54, 1.807) is 0 Å². The zero-order chi connectivity index (χ0) is 15.5. The zero-order valence-corrected chi connectivity index (χ0v) is 13.1. The Morgan fingerprint density at radius 1 is 0.905 bits per heavy atom. The average Bonchev–Trinajstić information content (AvgIpc) is 2.56. The first-order chi connectivity index (χ1) is 10.3. The molecule has 0 saturated carbocycles. The van der Waals surface area contributed by atoms with E-state index in [0.29, 0.717) is 13.0 Å². The van der Waals surface area contributed by atoms with Gasteiger partial charge in [-0.25, -0.2) is 0 Å². The van der Waals surface area contributed by atoms with Gasteiger partial charge in [0.15, 0.2) is 0 Å². The van der Waals surface area contributed by atoms with Gasteiger partial charge in [-0.15, -0.1) is 0 Å². The number of carbonyl (C=O) groups excluding carboxylic acids is 1. The van der Waals surface area contributed by atoms with Gasteiger partial charge in [-0.2, -0.15) is 0 Å². The van der Waals surface area contributed by atoms with Crippen molar-refractivity contribution in [1.82, 2.24) is 0 Å². The molecular formula is C19H24O2. The van der Waals surface area contributed by atoms with Crippen LogP contribution in [0, 0.1) is 5.92 Å². The molecule has 1 atom stereocenters. The predicted molar refractivity (Wildman–Crippen MR) is 86.9 cm³/mol. The first-order valence-electron chi connectivity index (χ1n) is 7.50. The van der Waals surface area contributed by atoms with Crippen molar-refractivity contribution in [1.29, 1.82) is 0 Å². The van der Waals surface area contributed by atoms with Crippen LogP contribution in [0.3, 0.4) is 0 Å². The van der Waals surface area contributed by atoms with Gasteiger partial charge in [0.1, 0.15) is 6.61 Å². The minimum Gasteiger partial charge on any atom is -0.461 e. The Morgan fingerprint density at radius 2 is 1.38 bits per heavy atom. The van der Waals surface area contributed by atoms with Crippen molar-refractivity contribution < 1.29 is 9.53 Å². The minimum atomic E-state index is -0.146. The predicted octanol–water partition coefficient (Wildman–Crippen LogP) is 4.63. The van der Waals surface area contributed by atoms with Crippen LogP contribution in [0.2, 0.25) is 0 Å². The normalized spacial score (nSPS) is 11.0. The van der Waals surface area contributed by atoms with E-state index < -0.39 is 0 Å². The Bertz CT molecular complexity index is 506. The third-order valence-corrected chi connectivity index (χ3v) is 3.01. The minimum absolute atomic E-state index is 0.119. The van der Waals surface area contributed by atoms with Gasteiger partial charge in [0, 0.05) is 0 Å². The second-order valence-electron chi connectivity index (χ2n) is 4.68. The number of ether oxygens (including phenoxy) is 1. The first-order valence-corrected chi connectivity index (χ1v) is 7.50. The molecule has 0 aliphatic carbocycles. The summed E-state index contributed by atoms with van der Waals surface area (Å²) in [7, 11) is 0. The average molecular weight is 284 g/mol. The molecule has 0 saturated heterocycles. The lowest BCUT2D eigenvalue weighted by molar-refractivity contribution is -0.149. The quantitative estimate of drug-likeness (QED) is 0.748. The van der Waals surface area contributed by atoms with Gasteiger partial charge in [0.2, 0.25) is 0 Å². The Balaban J connectivity index is 0.00000106. The zero-order valence-electron chi connectivity index (χ0n) is 13.1. The summed E-state index contributed by atoms with van der Waals surface area (Å²) in [6.07, 6.45) is 0.717. The third-order valence-electron chi connectivity index (χ3n) is 3.01. The van der Waals surface area contributed by atoms with E-state index in [0.717, 1.165) is 11.1 Å². The van der Waals surface area contributed by atoms with Crippen LogP contribution in [0.15, 0.2) is 60.7 Å². The summed E-state index contributed by atoms with van der Waals surface area (Å²) in [4.78, 5) is 11.9. The molecule has 0 heterocycles. The van der Waals surface area contributed by atoms with Crippen LogP contribution in [0.4, 0.5) is 0 Å². The van der Waals surface area contributed by atoms with Crippen LogP contribution in [0.25, 0.3) is 0 Å². The Hall–Kier alpha value is -2.09. The lowest BCUT2D eigenvalue weighted by Gasteiger charge is -2.11. The maximum Gasteiger partial charge on any atom is 0.309 e. The van der Waals surface area contributed by atoms with E-state index >= 15 is 0 Å². The van der Waals surface area contributed by atoms with Gasteiger partial charge in [-0.1, -0.05) is 81.4 Å². The van der Waals surface area contributed by atoms with Crippen LogP contribution < -0.4 is 0 Å². The molecule has 21 heavy (non-hydrogen) atoms. The van der Waals surface area contributed by atoms with Crippen molar-refractivity contribution in [2.24, 2.45) is 5.92 Å². The maximum absolute atomic E-state index is 11.9. The standard InChI is InChI=1S/C17H18O2.C2H6/c1-14(12-15-8-4-2-5-9-15)17(18)19-13-16-10-6-3-7-11-16;1-2/h2-11,14H,12-13H2,1H3;1-2H3/t14-;/m0./s1. The number of rotatable bonds is 5.